The van der Waals surface area contributed by atoms with Crippen LogP contribution in [0.3, 0.4) is 0 Å². The quantitative estimate of drug-likeness (QED) is 0.609. The number of rotatable bonds is 4. The van der Waals surface area contributed by atoms with E-state index in [1.54, 1.807) is 0 Å². The summed E-state index contributed by atoms with van der Waals surface area (Å²) in [5, 5.41) is 8.55. The van der Waals surface area contributed by atoms with Crippen molar-refractivity contribution in [1.82, 2.24) is 16.0 Å². The fraction of sp³-hybridized carbons (Fsp3) is 0.800. The molecule has 0 atom stereocenters. The van der Waals surface area contributed by atoms with E-state index in [0.717, 1.165) is 25.9 Å². The van der Waals surface area contributed by atoms with Crippen LogP contribution in [-0.2, 0) is 4.79 Å². The molecule has 0 aliphatic carbocycles. The number of piperidine rings is 1. The Bertz CT molecular complexity index is 225. The van der Waals surface area contributed by atoms with Crippen molar-refractivity contribution < 1.29 is 9.59 Å². The first kappa shape index (κ1) is 12.0. The van der Waals surface area contributed by atoms with Crippen LogP contribution < -0.4 is 16.0 Å². The monoisotopic (exact) mass is 213 g/mol. The maximum absolute atomic E-state index is 11.2. The molecule has 1 aliphatic heterocycles. The van der Waals surface area contributed by atoms with Crippen molar-refractivity contribution in [2.75, 3.05) is 26.2 Å². The minimum absolute atomic E-state index is 0.0352. The van der Waals surface area contributed by atoms with Gasteiger partial charge in [-0.15, -0.1) is 0 Å². The number of carbonyl (C=O) groups is 2. The smallest absolute Gasteiger partial charge is 0.315 e. The Kier molecular flexibility index (Phi) is 5.10. The van der Waals surface area contributed by atoms with Gasteiger partial charge < -0.3 is 16.0 Å². The highest BCUT2D eigenvalue weighted by Crippen LogP contribution is 2.09. The van der Waals surface area contributed by atoms with Gasteiger partial charge in [0, 0.05) is 6.54 Å². The van der Waals surface area contributed by atoms with Crippen LogP contribution in [0.5, 0.6) is 0 Å². The molecule has 0 unspecified atom stereocenters. The third-order valence-electron chi connectivity index (χ3n) is 2.51. The maximum atomic E-state index is 11.2. The van der Waals surface area contributed by atoms with Crippen molar-refractivity contribution in [3.63, 3.8) is 0 Å². The molecule has 0 aromatic rings. The van der Waals surface area contributed by atoms with Crippen LogP contribution in [0.4, 0.5) is 4.79 Å². The van der Waals surface area contributed by atoms with Crippen molar-refractivity contribution in [2.45, 2.75) is 19.8 Å². The number of hydrogen-bond acceptors (Lipinski definition) is 3. The lowest BCUT2D eigenvalue weighted by molar-refractivity contribution is -0.116. The first-order valence-electron chi connectivity index (χ1n) is 5.40. The summed E-state index contributed by atoms with van der Waals surface area (Å²) >= 11 is 0. The van der Waals surface area contributed by atoms with Crippen molar-refractivity contribution in [3.8, 4) is 0 Å². The summed E-state index contributed by atoms with van der Waals surface area (Å²) < 4.78 is 0. The highest BCUT2D eigenvalue weighted by molar-refractivity contribution is 5.83. The van der Waals surface area contributed by atoms with Crippen molar-refractivity contribution in [2.24, 2.45) is 5.92 Å². The second-order valence-electron chi connectivity index (χ2n) is 3.96. The third-order valence-corrected chi connectivity index (χ3v) is 2.51. The number of hydrogen-bond donors (Lipinski definition) is 3. The molecule has 5 nitrogen and oxygen atoms in total. The van der Waals surface area contributed by atoms with E-state index in [1.165, 1.54) is 6.92 Å². The molecule has 5 heteroatoms. The SMILES string of the molecule is CC(=O)CNC(=O)NCC1CCNCC1. The lowest BCUT2D eigenvalue weighted by Gasteiger charge is -2.22. The molecule has 15 heavy (non-hydrogen) atoms. The Morgan fingerprint density at radius 2 is 1.93 bits per heavy atom. The molecule has 1 aliphatic rings. The molecule has 0 aromatic carbocycles. The molecule has 1 saturated heterocycles. The molecular formula is C10H19N3O2. The normalized spacial score (nSPS) is 17.1. The predicted octanol–water partition coefficient (Wildman–Crippen LogP) is -0.126. The van der Waals surface area contributed by atoms with Gasteiger partial charge in [-0.3, -0.25) is 4.79 Å². The van der Waals surface area contributed by atoms with Crippen LogP contribution in [0.15, 0.2) is 0 Å². The molecule has 0 radical (unpaired) electrons. The molecule has 0 spiro atoms. The van der Waals surface area contributed by atoms with Crippen molar-refractivity contribution in [1.29, 1.82) is 0 Å². The molecule has 86 valence electrons. The molecule has 1 rings (SSSR count). The highest BCUT2D eigenvalue weighted by Gasteiger charge is 2.13. The van der Waals surface area contributed by atoms with E-state index in [0.29, 0.717) is 12.5 Å². The van der Waals surface area contributed by atoms with Crippen LogP contribution in [-0.4, -0.2) is 38.0 Å². The Morgan fingerprint density at radius 1 is 1.27 bits per heavy atom. The third kappa shape index (κ3) is 5.37. The number of Topliss-reactive ketones (excluding diaryl/α,β-unsaturated/α-hetero) is 1. The van der Waals surface area contributed by atoms with E-state index in [1.807, 2.05) is 0 Å². The second kappa shape index (κ2) is 6.40. The van der Waals surface area contributed by atoms with Gasteiger partial charge in [-0.05, 0) is 38.8 Å². The summed E-state index contributed by atoms with van der Waals surface area (Å²) in [5.74, 6) is 0.529. The first-order chi connectivity index (χ1) is 7.18. The number of carbonyl (C=O) groups excluding carboxylic acids is 2. The van der Waals surface area contributed by atoms with Crippen LogP contribution in [0.2, 0.25) is 0 Å². The summed E-state index contributed by atoms with van der Waals surface area (Å²) in [6.45, 7) is 4.32. The van der Waals surface area contributed by atoms with Gasteiger partial charge in [-0.25, -0.2) is 4.79 Å². The fourth-order valence-electron chi connectivity index (χ4n) is 1.59. The van der Waals surface area contributed by atoms with Gasteiger partial charge in [0.1, 0.15) is 5.78 Å². The van der Waals surface area contributed by atoms with Crippen molar-refractivity contribution in [3.05, 3.63) is 0 Å². The van der Waals surface area contributed by atoms with Gasteiger partial charge in [0.25, 0.3) is 0 Å². The molecule has 3 N–H and O–H groups in total. The van der Waals surface area contributed by atoms with Crippen LogP contribution in [0.25, 0.3) is 0 Å². The Balaban J connectivity index is 2.07. The summed E-state index contributed by atoms with van der Waals surface area (Å²) in [4.78, 5) is 21.8. The Morgan fingerprint density at radius 3 is 2.53 bits per heavy atom. The van der Waals surface area contributed by atoms with E-state index < -0.39 is 0 Å². The highest BCUT2D eigenvalue weighted by atomic mass is 16.2. The molecule has 0 saturated carbocycles. The molecule has 0 bridgehead atoms. The first-order valence-corrected chi connectivity index (χ1v) is 5.40. The Labute approximate surface area is 90.0 Å². The number of ketones is 1. The van der Waals surface area contributed by atoms with E-state index in [-0.39, 0.29) is 18.4 Å². The van der Waals surface area contributed by atoms with Crippen molar-refractivity contribution >= 4 is 11.8 Å². The predicted molar refractivity (Wildman–Crippen MR) is 57.7 cm³/mol. The van der Waals surface area contributed by atoms with Gasteiger partial charge in [-0.1, -0.05) is 0 Å². The minimum Gasteiger partial charge on any atom is -0.338 e. The zero-order valence-corrected chi connectivity index (χ0v) is 9.14. The summed E-state index contributed by atoms with van der Waals surface area (Å²) in [6, 6.07) is -0.247. The van der Waals surface area contributed by atoms with Gasteiger partial charge in [0.2, 0.25) is 0 Å². The Hall–Kier alpha value is -1.10. The van der Waals surface area contributed by atoms with E-state index in [2.05, 4.69) is 16.0 Å². The van der Waals surface area contributed by atoms with E-state index in [9.17, 15) is 9.59 Å². The van der Waals surface area contributed by atoms with Crippen LogP contribution in [0.1, 0.15) is 19.8 Å². The zero-order valence-electron chi connectivity index (χ0n) is 9.14. The lowest BCUT2D eigenvalue weighted by atomic mass is 9.98. The lowest BCUT2D eigenvalue weighted by Crippen LogP contribution is -2.42. The molecular weight excluding hydrogens is 194 g/mol. The average Bonchev–Trinajstić information content (AvgIpc) is 2.25. The molecule has 1 fully saturated rings. The topological polar surface area (TPSA) is 70.2 Å². The molecule has 0 aromatic heterocycles. The minimum atomic E-state index is -0.247. The van der Waals surface area contributed by atoms with Crippen LogP contribution >= 0.6 is 0 Å². The van der Waals surface area contributed by atoms with Gasteiger partial charge >= 0.3 is 6.03 Å². The molecule has 1 heterocycles. The second-order valence-corrected chi connectivity index (χ2v) is 3.96. The standard InChI is InChI=1S/C10H19N3O2/c1-8(14)6-12-10(15)13-7-9-2-4-11-5-3-9/h9,11H,2-7H2,1H3,(H2,12,13,15). The fourth-order valence-corrected chi connectivity index (χ4v) is 1.59. The number of nitrogens with one attached hydrogen (secondary N) is 3. The number of urea groups is 1. The van der Waals surface area contributed by atoms with Crippen LogP contribution in [0, 0.1) is 5.92 Å². The van der Waals surface area contributed by atoms with Gasteiger partial charge in [-0.2, -0.15) is 0 Å². The summed E-state index contributed by atoms with van der Waals surface area (Å²) in [5.41, 5.74) is 0. The van der Waals surface area contributed by atoms with Gasteiger partial charge in [0.05, 0.1) is 6.54 Å². The van der Waals surface area contributed by atoms with E-state index in [4.69, 9.17) is 0 Å². The van der Waals surface area contributed by atoms with E-state index >= 15 is 0 Å². The molecule has 2 amide bonds. The number of amides is 2. The van der Waals surface area contributed by atoms with Gasteiger partial charge in [0.15, 0.2) is 0 Å². The largest absolute Gasteiger partial charge is 0.338 e. The summed E-state index contributed by atoms with van der Waals surface area (Å²) in [6.07, 6.45) is 2.21. The summed E-state index contributed by atoms with van der Waals surface area (Å²) in [7, 11) is 0. The zero-order chi connectivity index (χ0) is 11.1. The maximum Gasteiger partial charge on any atom is 0.315 e. The average molecular weight is 213 g/mol.